The first-order valence-corrected chi connectivity index (χ1v) is 14.0. The SMILES string of the molecule is COc1ccc2c3c(n(C)c2c1)[C@@H](CO)N(Cc1ccccc1F)CC31CCN(C(=O)C2CCCC2)CC1. The first kappa shape index (κ1) is 25.4. The van der Waals surface area contributed by atoms with E-state index in [9.17, 15) is 14.3 Å². The maximum Gasteiger partial charge on any atom is 0.225 e. The Balaban J connectivity index is 1.42. The van der Waals surface area contributed by atoms with Crippen LogP contribution in [-0.4, -0.2) is 58.7 Å². The summed E-state index contributed by atoms with van der Waals surface area (Å²) in [7, 11) is 3.73. The van der Waals surface area contributed by atoms with E-state index in [2.05, 4.69) is 33.5 Å². The van der Waals surface area contributed by atoms with E-state index in [0.29, 0.717) is 18.0 Å². The predicted molar refractivity (Wildman–Crippen MR) is 146 cm³/mol. The minimum Gasteiger partial charge on any atom is -0.497 e. The lowest BCUT2D eigenvalue weighted by Crippen LogP contribution is -2.55. The van der Waals surface area contributed by atoms with Crippen LogP contribution in [0.25, 0.3) is 10.9 Å². The quantitative estimate of drug-likeness (QED) is 0.520. The number of aromatic nitrogens is 1. The van der Waals surface area contributed by atoms with Gasteiger partial charge in [-0.15, -0.1) is 0 Å². The fourth-order valence-electron chi connectivity index (χ4n) is 7.47. The highest BCUT2D eigenvalue weighted by molar-refractivity contribution is 5.89. The molecular weight excluding hydrogens is 481 g/mol. The van der Waals surface area contributed by atoms with Gasteiger partial charge in [0.25, 0.3) is 0 Å². The second kappa shape index (κ2) is 10.0. The third-order valence-corrected chi connectivity index (χ3v) is 9.49. The first-order chi connectivity index (χ1) is 18.5. The van der Waals surface area contributed by atoms with Crippen LogP contribution in [0.5, 0.6) is 5.75 Å². The molecule has 0 bridgehead atoms. The molecule has 1 spiro atoms. The topological polar surface area (TPSA) is 57.9 Å². The molecule has 1 atom stereocenters. The molecule has 2 fully saturated rings. The van der Waals surface area contributed by atoms with Crippen molar-refractivity contribution in [2.24, 2.45) is 13.0 Å². The van der Waals surface area contributed by atoms with Gasteiger partial charge in [-0.3, -0.25) is 9.69 Å². The molecule has 1 saturated heterocycles. The normalized spacial score (nSPS) is 21.8. The van der Waals surface area contributed by atoms with Crippen LogP contribution >= 0.6 is 0 Å². The molecule has 0 unspecified atom stereocenters. The van der Waals surface area contributed by atoms with Gasteiger partial charge >= 0.3 is 0 Å². The summed E-state index contributed by atoms with van der Waals surface area (Å²) in [5.74, 6) is 1.09. The molecule has 7 heteroatoms. The van der Waals surface area contributed by atoms with Crippen LogP contribution in [0.1, 0.15) is 61.4 Å². The zero-order valence-electron chi connectivity index (χ0n) is 22.5. The molecule has 1 saturated carbocycles. The van der Waals surface area contributed by atoms with Gasteiger partial charge in [-0.25, -0.2) is 4.39 Å². The molecule has 3 aliphatic rings. The third-order valence-electron chi connectivity index (χ3n) is 9.49. The van der Waals surface area contributed by atoms with Crippen LogP contribution in [0.2, 0.25) is 0 Å². The number of halogens is 1. The molecule has 38 heavy (non-hydrogen) atoms. The molecule has 1 amide bonds. The van der Waals surface area contributed by atoms with Gasteiger partial charge in [-0.1, -0.05) is 31.0 Å². The smallest absolute Gasteiger partial charge is 0.225 e. The molecule has 6 nitrogen and oxygen atoms in total. The molecule has 3 heterocycles. The van der Waals surface area contributed by atoms with Gasteiger partial charge in [-0.05, 0) is 49.4 Å². The summed E-state index contributed by atoms with van der Waals surface area (Å²) in [5, 5.41) is 11.9. The van der Waals surface area contributed by atoms with Crippen LogP contribution in [-0.2, 0) is 23.8 Å². The highest BCUT2D eigenvalue weighted by Crippen LogP contribution is 2.50. The number of fused-ring (bicyclic) bond motifs is 4. The van der Waals surface area contributed by atoms with E-state index in [4.69, 9.17) is 4.74 Å². The number of aryl methyl sites for hydroxylation is 1. The van der Waals surface area contributed by atoms with Crippen LogP contribution < -0.4 is 4.74 Å². The molecule has 1 aliphatic carbocycles. The van der Waals surface area contributed by atoms with Gasteiger partial charge < -0.3 is 19.3 Å². The number of aliphatic hydroxyl groups excluding tert-OH is 1. The van der Waals surface area contributed by atoms with Crippen LogP contribution in [0.3, 0.4) is 0 Å². The maximum absolute atomic E-state index is 14.8. The lowest BCUT2D eigenvalue weighted by Gasteiger charge is -2.51. The van der Waals surface area contributed by atoms with E-state index in [1.54, 1.807) is 13.2 Å². The Morgan fingerprint density at radius 2 is 1.87 bits per heavy atom. The number of nitrogens with zero attached hydrogens (tertiary/aromatic N) is 3. The number of hydrogen-bond acceptors (Lipinski definition) is 4. The van der Waals surface area contributed by atoms with Crippen molar-refractivity contribution >= 4 is 16.8 Å². The van der Waals surface area contributed by atoms with Crippen molar-refractivity contribution in [3.05, 3.63) is 65.1 Å². The van der Waals surface area contributed by atoms with E-state index in [0.717, 1.165) is 75.1 Å². The fourth-order valence-corrected chi connectivity index (χ4v) is 7.47. The molecular formula is C31H38FN3O3. The van der Waals surface area contributed by atoms with Crippen molar-refractivity contribution in [1.29, 1.82) is 0 Å². The first-order valence-electron chi connectivity index (χ1n) is 14.0. The number of piperidine rings is 1. The van der Waals surface area contributed by atoms with Gasteiger partial charge in [0.15, 0.2) is 0 Å². The third kappa shape index (κ3) is 4.11. The van der Waals surface area contributed by atoms with Gasteiger partial charge in [0.1, 0.15) is 11.6 Å². The Labute approximate surface area is 224 Å². The minimum atomic E-state index is -0.253. The monoisotopic (exact) mass is 519 g/mol. The van der Waals surface area contributed by atoms with Crippen molar-refractivity contribution in [3.8, 4) is 5.75 Å². The summed E-state index contributed by atoms with van der Waals surface area (Å²) in [6.07, 6.45) is 6.06. The number of benzene rings is 2. The summed E-state index contributed by atoms with van der Waals surface area (Å²) < 4.78 is 22.5. The minimum absolute atomic E-state index is 0.0505. The number of hydrogen-bond donors (Lipinski definition) is 1. The van der Waals surface area contributed by atoms with Gasteiger partial charge in [-0.2, -0.15) is 0 Å². The molecule has 1 aromatic heterocycles. The van der Waals surface area contributed by atoms with Gasteiger partial charge in [0, 0.05) is 67.3 Å². The van der Waals surface area contributed by atoms with E-state index in [1.165, 1.54) is 17.0 Å². The van der Waals surface area contributed by atoms with Crippen LogP contribution in [0, 0.1) is 11.7 Å². The number of carbonyl (C=O) groups is 1. The molecule has 6 rings (SSSR count). The number of likely N-dealkylation sites (tertiary alicyclic amines) is 1. The lowest BCUT2D eigenvalue weighted by atomic mass is 9.68. The summed E-state index contributed by atoms with van der Waals surface area (Å²) in [5.41, 5.74) is 3.90. The second-order valence-electron chi connectivity index (χ2n) is 11.5. The summed E-state index contributed by atoms with van der Waals surface area (Å²) in [6.45, 7) is 2.56. The zero-order valence-corrected chi connectivity index (χ0v) is 22.5. The molecule has 0 radical (unpaired) electrons. The van der Waals surface area contributed by atoms with E-state index in [-0.39, 0.29) is 29.8 Å². The molecule has 3 aromatic rings. The van der Waals surface area contributed by atoms with E-state index >= 15 is 0 Å². The van der Waals surface area contributed by atoms with Crippen molar-refractivity contribution in [2.45, 2.75) is 56.5 Å². The highest BCUT2D eigenvalue weighted by Gasteiger charge is 2.49. The summed E-state index contributed by atoms with van der Waals surface area (Å²) in [6, 6.07) is 12.9. The number of carbonyl (C=O) groups excluding carboxylic acids is 1. The fraction of sp³-hybridized carbons (Fsp3) is 0.516. The Morgan fingerprint density at radius 1 is 1.13 bits per heavy atom. The molecule has 1 N–H and O–H groups in total. The number of rotatable bonds is 5. The molecule has 2 aliphatic heterocycles. The average molecular weight is 520 g/mol. The number of amides is 1. The van der Waals surface area contributed by atoms with Crippen LogP contribution in [0.15, 0.2) is 42.5 Å². The van der Waals surface area contributed by atoms with Crippen molar-refractivity contribution < 1.29 is 19.0 Å². The maximum atomic E-state index is 14.8. The Morgan fingerprint density at radius 3 is 2.55 bits per heavy atom. The molecule has 202 valence electrons. The standard InChI is InChI=1S/C31H38FN3O3/c1-33-26-17-23(38-2)11-12-24(26)28-29(33)27(19-36)35(18-22-9-5-6-10-25(22)32)20-31(28)13-15-34(16-14-31)30(37)21-7-3-4-8-21/h5-6,9-12,17,21,27,36H,3-4,7-8,13-16,18-20H2,1-2H3/t27-/m1/s1. The number of ether oxygens (including phenoxy) is 1. The largest absolute Gasteiger partial charge is 0.497 e. The Bertz CT molecular complexity index is 1340. The second-order valence-corrected chi connectivity index (χ2v) is 11.5. The van der Waals surface area contributed by atoms with Crippen molar-refractivity contribution in [1.82, 2.24) is 14.4 Å². The van der Waals surface area contributed by atoms with Crippen molar-refractivity contribution in [3.63, 3.8) is 0 Å². The number of aliphatic hydroxyl groups is 1. The zero-order chi connectivity index (χ0) is 26.4. The van der Waals surface area contributed by atoms with Gasteiger partial charge in [0.05, 0.1) is 25.3 Å². The summed E-state index contributed by atoms with van der Waals surface area (Å²) >= 11 is 0. The molecule has 2 aromatic carbocycles. The Kier molecular flexibility index (Phi) is 6.68. The van der Waals surface area contributed by atoms with Crippen LogP contribution in [0.4, 0.5) is 4.39 Å². The average Bonchev–Trinajstić information content (AvgIpc) is 3.58. The lowest BCUT2D eigenvalue weighted by molar-refractivity contribution is -0.137. The Hall–Kier alpha value is -2.90. The van der Waals surface area contributed by atoms with Crippen molar-refractivity contribution in [2.75, 3.05) is 33.4 Å². The van der Waals surface area contributed by atoms with Gasteiger partial charge in [0.2, 0.25) is 5.91 Å². The highest BCUT2D eigenvalue weighted by atomic mass is 19.1. The predicted octanol–water partition coefficient (Wildman–Crippen LogP) is 4.93. The number of methoxy groups -OCH3 is 1. The summed E-state index contributed by atoms with van der Waals surface area (Å²) in [4.78, 5) is 17.6. The van der Waals surface area contributed by atoms with E-state index < -0.39 is 0 Å². The van der Waals surface area contributed by atoms with E-state index in [1.807, 2.05) is 18.2 Å².